The van der Waals surface area contributed by atoms with Crippen LogP contribution >= 0.6 is 0 Å². The fourth-order valence-corrected chi connectivity index (χ4v) is 2.40. The molecule has 3 rings (SSSR count). The van der Waals surface area contributed by atoms with E-state index in [1.807, 2.05) is 10.8 Å². The summed E-state index contributed by atoms with van der Waals surface area (Å²) in [6.07, 6.45) is 2.79. The molecule has 2 aromatic heterocycles. The van der Waals surface area contributed by atoms with Crippen LogP contribution in [0.3, 0.4) is 0 Å². The number of hydrogen-bond acceptors (Lipinski definition) is 7. The van der Waals surface area contributed by atoms with Crippen molar-refractivity contribution in [3.63, 3.8) is 0 Å². The van der Waals surface area contributed by atoms with Crippen molar-refractivity contribution in [2.24, 2.45) is 0 Å². The molecule has 0 aliphatic heterocycles. The van der Waals surface area contributed by atoms with Crippen molar-refractivity contribution in [2.45, 2.75) is 19.3 Å². The van der Waals surface area contributed by atoms with Crippen molar-refractivity contribution >= 4 is 23.0 Å². The van der Waals surface area contributed by atoms with Gasteiger partial charge in [-0.3, -0.25) is 0 Å². The van der Waals surface area contributed by atoms with Gasteiger partial charge in [-0.25, -0.2) is 15.0 Å². The van der Waals surface area contributed by atoms with E-state index in [9.17, 15) is 13.2 Å². The Morgan fingerprint density at radius 1 is 1.11 bits per heavy atom. The highest BCUT2D eigenvalue weighted by molar-refractivity contribution is 5.77. The summed E-state index contributed by atoms with van der Waals surface area (Å²) in [5, 5.41) is 6.09. The molecular weight excluding hydrogens is 375 g/mol. The molecule has 0 atom stereocenters. The van der Waals surface area contributed by atoms with E-state index in [1.54, 1.807) is 12.5 Å². The standard InChI is InChI=1S/C17H18F3N7O/c18-17(19,20)28-13-4-2-12(3-5-13)26-16-14(21)15(24-10-25-16)23-6-1-8-27-9-7-22-11-27/h2-5,7,9-11H,1,6,8,21H2,(H2,23,24,25,26). The Hall–Kier alpha value is -3.50. The molecule has 0 bridgehead atoms. The maximum atomic E-state index is 12.2. The molecule has 0 unspecified atom stereocenters. The van der Waals surface area contributed by atoms with Crippen LogP contribution in [0, 0.1) is 0 Å². The summed E-state index contributed by atoms with van der Waals surface area (Å²) in [5.41, 5.74) is 6.89. The summed E-state index contributed by atoms with van der Waals surface area (Å²) in [4.78, 5) is 12.2. The molecule has 0 radical (unpaired) electrons. The first-order chi connectivity index (χ1) is 13.4. The van der Waals surface area contributed by atoms with Gasteiger partial charge in [0.1, 0.15) is 17.8 Å². The number of anilines is 4. The van der Waals surface area contributed by atoms with Crippen molar-refractivity contribution in [1.29, 1.82) is 0 Å². The van der Waals surface area contributed by atoms with Crippen LogP contribution in [0.15, 0.2) is 49.3 Å². The van der Waals surface area contributed by atoms with E-state index in [0.29, 0.717) is 29.6 Å². The molecule has 8 nitrogen and oxygen atoms in total. The zero-order valence-corrected chi connectivity index (χ0v) is 14.6. The number of nitrogen functional groups attached to an aromatic ring is 1. The number of nitrogens with zero attached hydrogens (tertiary/aromatic N) is 4. The van der Waals surface area contributed by atoms with Crippen LogP contribution in [0.4, 0.5) is 36.2 Å². The molecule has 0 saturated carbocycles. The third-order valence-electron chi connectivity index (χ3n) is 3.68. The number of hydrogen-bond donors (Lipinski definition) is 3. The maximum Gasteiger partial charge on any atom is 0.573 e. The van der Waals surface area contributed by atoms with Crippen molar-refractivity contribution in [3.8, 4) is 5.75 Å². The quantitative estimate of drug-likeness (QED) is 0.504. The van der Waals surface area contributed by atoms with Crippen molar-refractivity contribution in [3.05, 3.63) is 49.3 Å². The van der Waals surface area contributed by atoms with Gasteiger partial charge in [-0.1, -0.05) is 0 Å². The topological polar surface area (TPSA) is 103 Å². The van der Waals surface area contributed by atoms with Crippen molar-refractivity contribution in [1.82, 2.24) is 19.5 Å². The lowest BCUT2D eigenvalue weighted by molar-refractivity contribution is -0.274. The van der Waals surface area contributed by atoms with Crippen molar-refractivity contribution < 1.29 is 17.9 Å². The van der Waals surface area contributed by atoms with Crippen LogP contribution in [0.5, 0.6) is 5.75 Å². The van der Waals surface area contributed by atoms with Crippen LogP contribution < -0.4 is 21.1 Å². The number of rotatable bonds is 8. The number of nitrogens with two attached hydrogens (primary N) is 1. The van der Waals surface area contributed by atoms with Gasteiger partial charge in [0.05, 0.1) is 6.33 Å². The summed E-state index contributed by atoms with van der Waals surface area (Å²) in [7, 11) is 0. The summed E-state index contributed by atoms with van der Waals surface area (Å²) in [6, 6.07) is 5.26. The van der Waals surface area contributed by atoms with Crippen LogP contribution in [0.2, 0.25) is 0 Å². The van der Waals surface area contributed by atoms with Crippen LogP contribution in [-0.4, -0.2) is 32.4 Å². The van der Waals surface area contributed by atoms with E-state index in [2.05, 4.69) is 30.3 Å². The van der Waals surface area contributed by atoms with Crippen LogP contribution in [0.25, 0.3) is 0 Å². The lowest BCUT2D eigenvalue weighted by atomic mass is 10.3. The number of benzene rings is 1. The van der Waals surface area contributed by atoms with Gasteiger partial charge in [-0.2, -0.15) is 0 Å². The summed E-state index contributed by atoms with van der Waals surface area (Å²) in [6.45, 7) is 1.44. The Morgan fingerprint density at radius 3 is 2.54 bits per heavy atom. The Morgan fingerprint density at radius 2 is 1.86 bits per heavy atom. The first kappa shape index (κ1) is 19.3. The van der Waals surface area contributed by atoms with E-state index < -0.39 is 6.36 Å². The molecular formula is C17H18F3N7O. The summed E-state index contributed by atoms with van der Waals surface area (Å²) >= 11 is 0. The Balaban J connectivity index is 1.57. The highest BCUT2D eigenvalue weighted by Crippen LogP contribution is 2.28. The van der Waals surface area contributed by atoms with Gasteiger partial charge in [0.25, 0.3) is 0 Å². The maximum absolute atomic E-state index is 12.2. The molecule has 0 amide bonds. The number of alkyl halides is 3. The van der Waals surface area contributed by atoms with E-state index >= 15 is 0 Å². The lowest BCUT2D eigenvalue weighted by Crippen LogP contribution is -2.17. The largest absolute Gasteiger partial charge is 0.573 e. The Kier molecular flexibility index (Phi) is 5.82. The second kappa shape index (κ2) is 8.46. The van der Waals surface area contributed by atoms with Gasteiger partial charge in [-0.05, 0) is 30.7 Å². The Bertz CT molecular complexity index is 883. The molecule has 4 N–H and O–H groups in total. The highest BCUT2D eigenvalue weighted by atomic mass is 19.4. The second-order valence-corrected chi connectivity index (χ2v) is 5.76. The molecule has 0 fully saturated rings. The number of halogens is 3. The third kappa shape index (κ3) is 5.50. The summed E-state index contributed by atoms with van der Waals surface area (Å²) in [5.74, 6) is 0.505. The molecule has 1 aromatic carbocycles. The minimum atomic E-state index is -4.73. The normalized spacial score (nSPS) is 11.2. The van der Waals surface area contributed by atoms with Gasteiger partial charge < -0.3 is 25.7 Å². The van der Waals surface area contributed by atoms with Crippen molar-refractivity contribution in [2.75, 3.05) is 22.9 Å². The Labute approximate surface area is 158 Å². The minimum absolute atomic E-state index is 0.306. The molecule has 0 aliphatic rings. The fourth-order valence-electron chi connectivity index (χ4n) is 2.40. The molecule has 3 aromatic rings. The van der Waals surface area contributed by atoms with Gasteiger partial charge in [0, 0.05) is 31.2 Å². The van der Waals surface area contributed by atoms with E-state index in [0.717, 1.165) is 13.0 Å². The molecule has 28 heavy (non-hydrogen) atoms. The number of ether oxygens (including phenoxy) is 1. The third-order valence-corrected chi connectivity index (χ3v) is 3.68. The summed E-state index contributed by atoms with van der Waals surface area (Å²) < 4.78 is 42.4. The van der Waals surface area contributed by atoms with E-state index in [4.69, 9.17) is 5.73 Å². The molecule has 0 aliphatic carbocycles. The number of imidazole rings is 1. The van der Waals surface area contributed by atoms with Gasteiger partial charge >= 0.3 is 6.36 Å². The molecule has 11 heteroatoms. The SMILES string of the molecule is Nc1c(NCCCn2ccnc2)ncnc1Nc1ccc(OC(F)(F)F)cc1. The molecule has 0 saturated heterocycles. The fraction of sp³-hybridized carbons (Fsp3) is 0.235. The first-order valence-electron chi connectivity index (χ1n) is 8.33. The first-order valence-corrected chi connectivity index (χ1v) is 8.33. The molecule has 148 valence electrons. The predicted octanol–water partition coefficient (Wildman–Crippen LogP) is 3.40. The van der Waals surface area contributed by atoms with Gasteiger partial charge in [-0.15, -0.1) is 13.2 Å². The monoisotopic (exact) mass is 393 g/mol. The van der Waals surface area contributed by atoms with Gasteiger partial charge in [0.15, 0.2) is 11.6 Å². The minimum Gasteiger partial charge on any atom is -0.406 e. The molecule has 2 heterocycles. The van der Waals surface area contributed by atoms with E-state index in [-0.39, 0.29) is 5.75 Å². The zero-order valence-electron chi connectivity index (χ0n) is 14.6. The number of aromatic nitrogens is 4. The highest BCUT2D eigenvalue weighted by Gasteiger charge is 2.30. The predicted molar refractivity (Wildman–Crippen MR) is 98.2 cm³/mol. The van der Waals surface area contributed by atoms with Crippen LogP contribution in [0.1, 0.15) is 6.42 Å². The average Bonchev–Trinajstić information content (AvgIpc) is 3.15. The lowest BCUT2D eigenvalue weighted by Gasteiger charge is -2.13. The smallest absolute Gasteiger partial charge is 0.406 e. The van der Waals surface area contributed by atoms with Crippen LogP contribution in [-0.2, 0) is 6.54 Å². The number of nitrogens with one attached hydrogen (secondary N) is 2. The average molecular weight is 393 g/mol. The second-order valence-electron chi connectivity index (χ2n) is 5.76. The number of aryl methyl sites for hydroxylation is 1. The molecule has 0 spiro atoms. The zero-order chi connectivity index (χ0) is 20.0. The van der Waals surface area contributed by atoms with Gasteiger partial charge in [0.2, 0.25) is 0 Å². The van der Waals surface area contributed by atoms with E-state index in [1.165, 1.54) is 30.6 Å².